The number of nitrogens with one attached hydrogen (secondary N) is 3. The van der Waals surface area contributed by atoms with Gasteiger partial charge in [-0.25, -0.2) is 9.97 Å². The second-order valence-corrected chi connectivity index (χ2v) is 5.09. The Kier molecular flexibility index (Phi) is 4.50. The fourth-order valence-corrected chi connectivity index (χ4v) is 2.29. The van der Waals surface area contributed by atoms with Gasteiger partial charge < -0.3 is 16.0 Å². The molecular weight excluding hydrogens is 308 g/mol. The number of anilines is 2. The van der Waals surface area contributed by atoms with Crippen LogP contribution in [0.4, 0.5) is 11.6 Å². The molecule has 0 spiro atoms. The summed E-state index contributed by atoms with van der Waals surface area (Å²) in [5.74, 6) is 1.74. The van der Waals surface area contributed by atoms with Crippen LogP contribution in [0.1, 0.15) is 16.1 Å². The number of aryl methyl sites for hydroxylation is 1. The zero-order valence-electron chi connectivity index (χ0n) is 13.4. The Morgan fingerprint density at radius 3 is 2.92 bits per heavy atom. The van der Waals surface area contributed by atoms with Crippen molar-refractivity contribution in [3.05, 3.63) is 42.0 Å². The first kappa shape index (κ1) is 15.7. The van der Waals surface area contributed by atoms with E-state index in [2.05, 4.69) is 36.0 Å². The van der Waals surface area contributed by atoms with Gasteiger partial charge in [-0.1, -0.05) is 0 Å². The molecule has 0 aromatic carbocycles. The summed E-state index contributed by atoms with van der Waals surface area (Å²) in [6.45, 7) is 3.10. The molecule has 0 saturated carbocycles. The average molecular weight is 326 g/mol. The highest BCUT2D eigenvalue weighted by atomic mass is 16.1. The van der Waals surface area contributed by atoms with Crippen molar-refractivity contribution >= 4 is 23.3 Å². The van der Waals surface area contributed by atoms with Crippen LogP contribution in [0.3, 0.4) is 0 Å². The molecule has 9 heteroatoms. The molecule has 3 aromatic rings. The number of pyridine rings is 1. The summed E-state index contributed by atoms with van der Waals surface area (Å²) in [4.78, 5) is 24.4. The summed E-state index contributed by atoms with van der Waals surface area (Å²) in [5, 5.41) is 13.2. The highest BCUT2D eigenvalue weighted by Gasteiger charge is 2.10. The fraction of sp³-hybridized carbons (Fsp3) is 0.267. The van der Waals surface area contributed by atoms with E-state index in [0.29, 0.717) is 30.2 Å². The molecule has 24 heavy (non-hydrogen) atoms. The van der Waals surface area contributed by atoms with Crippen LogP contribution in [0.15, 0.2) is 30.7 Å². The first-order valence-electron chi connectivity index (χ1n) is 7.51. The molecule has 0 aliphatic rings. The largest absolute Gasteiger partial charge is 0.368 e. The first-order chi connectivity index (χ1) is 11.7. The van der Waals surface area contributed by atoms with Gasteiger partial charge in [-0.15, -0.1) is 0 Å². The van der Waals surface area contributed by atoms with Gasteiger partial charge in [-0.2, -0.15) is 14.6 Å². The Morgan fingerprint density at radius 1 is 1.25 bits per heavy atom. The van der Waals surface area contributed by atoms with Gasteiger partial charge in [0.15, 0.2) is 0 Å². The number of amides is 1. The number of carbonyl (C=O) groups excluding carboxylic acids is 1. The summed E-state index contributed by atoms with van der Waals surface area (Å²) in [6.07, 6.45) is 3.11. The van der Waals surface area contributed by atoms with Crippen molar-refractivity contribution < 1.29 is 4.79 Å². The lowest BCUT2D eigenvalue weighted by atomic mass is 10.2. The Bertz CT molecular complexity index is 860. The summed E-state index contributed by atoms with van der Waals surface area (Å²) in [6, 6.07) is 5.36. The molecule has 0 atom stereocenters. The average Bonchev–Trinajstić information content (AvgIpc) is 3.06. The molecule has 3 rings (SSSR count). The van der Waals surface area contributed by atoms with Crippen LogP contribution in [0.25, 0.3) is 5.78 Å². The summed E-state index contributed by atoms with van der Waals surface area (Å²) >= 11 is 0. The van der Waals surface area contributed by atoms with Gasteiger partial charge in [0.1, 0.15) is 18.0 Å². The summed E-state index contributed by atoms with van der Waals surface area (Å²) in [7, 11) is 1.59. The van der Waals surface area contributed by atoms with E-state index in [4.69, 9.17) is 0 Å². The smallest absolute Gasteiger partial charge is 0.254 e. The molecule has 1 amide bonds. The zero-order valence-corrected chi connectivity index (χ0v) is 13.4. The van der Waals surface area contributed by atoms with Crippen LogP contribution >= 0.6 is 0 Å². The first-order valence-corrected chi connectivity index (χ1v) is 7.51. The summed E-state index contributed by atoms with van der Waals surface area (Å²) in [5.41, 5.74) is 1.37. The topological polar surface area (TPSA) is 109 Å². The molecule has 3 heterocycles. The Balaban J connectivity index is 1.63. The van der Waals surface area contributed by atoms with Crippen molar-refractivity contribution in [2.24, 2.45) is 0 Å². The van der Waals surface area contributed by atoms with Crippen molar-refractivity contribution in [2.45, 2.75) is 6.92 Å². The number of hydrogen-bond acceptors (Lipinski definition) is 7. The monoisotopic (exact) mass is 326 g/mol. The Hall–Kier alpha value is -3.23. The van der Waals surface area contributed by atoms with Crippen molar-refractivity contribution in [2.75, 3.05) is 30.8 Å². The third kappa shape index (κ3) is 3.24. The van der Waals surface area contributed by atoms with Crippen molar-refractivity contribution in [1.82, 2.24) is 29.9 Å². The van der Waals surface area contributed by atoms with E-state index in [-0.39, 0.29) is 5.91 Å². The van der Waals surface area contributed by atoms with Gasteiger partial charge in [0.2, 0.25) is 0 Å². The number of rotatable bonds is 6. The van der Waals surface area contributed by atoms with E-state index in [1.807, 2.05) is 13.0 Å². The highest BCUT2D eigenvalue weighted by molar-refractivity contribution is 5.98. The van der Waals surface area contributed by atoms with Gasteiger partial charge in [-0.05, 0) is 19.1 Å². The van der Waals surface area contributed by atoms with Gasteiger partial charge in [-0.3, -0.25) is 4.79 Å². The van der Waals surface area contributed by atoms with Gasteiger partial charge in [0, 0.05) is 38.1 Å². The lowest BCUT2D eigenvalue weighted by molar-refractivity contribution is 0.0963. The second-order valence-electron chi connectivity index (χ2n) is 5.09. The molecule has 0 fully saturated rings. The molecule has 3 N–H and O–H groups in total. The van der Waals surface area contributed by atoms with Crippen LogP contribution < -0.4 is 16.0 Å². The van der Waals surface area contributed by atoms with Crippen LogP contribution in [0, 0.1) is 6.92 Å². The van der Waals surface area contributed by atoms with Crippen LogP contribution in [-0.2, 0) is 0 Å². The maximum Gasteiger partial charge on any atom is 0.254 e. The van der Waals surface area contributed by atoms with Crippen LogP contribution in [0.2, 0.25) is 0 Å². The van der Waals surface area contributed by atoms with E-state index >= 15 is 0 Å². The standard InChI is InChI=1S/C15H18N8O/c1-10-8-12(23-15(22-10)20-9-21-23)17-6-7-19-13-11(14(24)16-2)4-3-5-18-13/h3-5,8-9,17H,6-7H2,1-2H3,(H,16,24)(H,18,19). The minimum atomic E-state index is -0.173. The summed E-state index contributed by atoms with van der Waals surface area (Å²) < 4.78 is 1.64. The Labute approximate surface area is 138 Å². The van der Waals surface area contributed by atoms with E-state index in [1.165, 1.54) is 6.33 Å². The van der Waals surface area contributed by atoms with Gasteiger partial charge in [0.05, 0.1) is 5.56 Å². The fourth-order valence-electron chi connectivity index (χ4n) is 2.29. The molecule has 3 aromatic heterocycles. The molecule has 0 radical (unpaired) electrons. The lowest BCUT2D eigenvalue weighted by Gasteiger charge is -2.11. The predicted molar refractivity (Wildman–Crippen MR) is 90.1 cm³/mol. The molecule has 0 aliphatic heterocycles. The molecule has 0 bridgehead atoms. The normalized spacial score (nSPS) is 10.6. The highest BCUT2D eigenvalue weighted by Crippen LogP contribution is 2.12. The maximum absolute atomic E-state index is 11.8. The number of fused-ring (bicyclic) bond motifs is 1. The van der Waals surface area contributed by atoms with E-state index in [0.717, 1.165) is 11.5 Å². The van der Waals surface area contributed by atoms with Crippen molar-refractivity contribution in [3.63, 3.8) is 0 Å². The minimum Gasteiger partial charge on any atom is -0.368 e. The Morgan fingerprint density at radius 2 is 2.08 bits per heavy atom. The number of aromatic nitrogens is 5. The van der Waals surface area contributed by atoms with Crippen molar-refractivity contribution in [3.8, 4) is 0 Å². The lowest BCUT2D eigenvalue weighted by Crippen LogP contribution is -2.22. The zero-order chi connectivity index (χ0) is 16.9. The van der Waals surface area contributed by atoms with Gasteiger partial charge >= 0.3 is 0 Å². The third-order valence-corrected chi connectivity index (χ3v) is 3.38. The second kappa shape index (κ2) is 6.90. The third-order valence-electron chi connectivity index (χ3n) is 3.38. The molecule has 124 valence electrons. The van der Waals surface area contributed by atoms with Crippen LogP contribution in [0.5, 0.6) is 0 Å². The number of hydrogen-bond donors (Lipinski definition) is 3. The van der Waals surface area contributed by atoms with E-state index < -0.39 is 0 Å². The van der Waals surface area contributed by atoms with Crippen molar-refractivity contribution in [1.29, 1.82) is 0 Å². The molecule has 0 unspecified atom stereocenters. The van der Waals surface area contributed by atoms with E-state index in [1.54, 1.807) is 29.9 Å². The van der Waals surface area contributed by atoms with Crippen LogP contribution in [-0.4, -0.2) is 50.6 Å². The maximum atomic E-state index is 11.8. The molecule has 9 nitrogen and oxygen atoms in total. The number of carbonyl (C=O) groups is 1. The predicted octanol–water partition coefficient (Wildman–Crippen LogP) is 0.711. The quantitative estimate of drug-likeness (QED) is 0.572. The molecule has 0 saturated heterocycles. The molecular formula is C15H18N8O. The molecule has 0 aliphatic carbocycles. The number of nitrogens with zero attached hydrogens (tertiary/aromatic N) is 5. The SMILES string of the molecule is CNC(=O)c1cccnc1NCCNc1cc(C)nc2ncnn12. The van der Waals surface area contributed by atoms with E-state index in [9.17, 15) is 4.79 Å². The van der Waals surface area contributed by atoms with Gasteiger partial charge in [0.25, 0.3) is 11.7 Å². The minimum absolute atomic E-state index is 0.173.